The molecule has 0 bridgehead atoms. The van der Waals surface area contributed by atoms with Crippen LogP contribution in [0.3, 0.4) is 0 Å². The second-order valence-corrected chi connectivity index (χ2v) is 4.54. The Bertz CT molecular complexity index is 240. The van der Waals surface area contributed by atoms with Gasteiger partial charge in [0, 0.05) is 12.6 Å². The maximum atomic E-state index is 11.3. The Morgan fingerprint density at radius 3 is 2.79 bits per heavy atom. The first-order chi connectivity index (χ1) is 6.65. The van der Waals surface area contributed by atoms with Gasteiger partial charge in [-0.15, -0.1) is 0 Å². The summed E-state index contributed by atoms with van der Waals surface area (Å²) in [4.78, 5) is 11.3. The molecule has 0 spiro atoms. The van der Waals surface area contributed by atoms with Gasteiger partial charge in [0.25, 0.3) is 0 Å². The molecule has 2 atom stereocenters. The molecule has 2 fully saturated rings. The van der Waals surface area contributed by atoms with Gasteiger partial charge in [-0.05, 0) is 18.8 Å². The molecule has 80 valence electrons. The maximum Gasteiger partial charge on any atom is 0.311 e. The van der Waals surface area contributed by atoms with Gasteiger partial charge in [-0.2, -0.15) is 0 Å². The molecule has 14 heavy (non-hydrogen) atoms. The fourth-order valence-electron chi connectivity index (χ4n) is 2.25. The summed E-state index contributed by atoms with van der Waals surface area (Å²) in [7, 11) is 0. The van der Waals surface area contributed by atoms with Crippen LogP contribution < -0.4 is 5.73 Å². The van der Waals surface area contributed by atoms with Crippen molar-refractivity contribution in [2.75, 3.05) is 13.2 Å². The van der Waals surface area contributed by atoms with E-state index in [1.54, 1.807) is 0 Å². The number of carboxylic acid groups (broad SMARTS) is 1. The third-order valence-corrected chi connectivity index (χ3v) is 3.48. The SMILES string of the molecule is NC1COCCC1(CC1CC1)C(=O)O. The lowest BCUT2D eigenvalue weighted by atomic mass is 9.72. The van der Waals surface area contributed by atoms with E-state index in [0.29, 0.717) is 25.6 Å². The molecule has 1 aliphatic heterocycles. The monoisotopic (exact) mass is 199 g/mol. The number of nitrogens with two attached hydrogens (primary N) is 1. The van der Waals surface area contributed by atoms with Crippen LogP contribution in [-0.2, 0) is 9.53 Å². The van der Waals surface area contributed by atoms with Crippen LogP contribution in [0.1, 0.15) is 25.7 Å². The molecule has 0 aromatic rings. The van der Waals surface area contributed by atoms with Crippen molar-refractivity contribution < 1.29 is 14.6 Å². The largest absolute Gasteiger partial charge is 0.481 e. The molecule has 2 rings (SSSR count). The number of ether oxygens (including phenoxy) is 1. The minimum absolute atomic E-state index is 0.339. The topological polar surface area (TPSA) is 72.5 Å². The van der Waals surface area contributed by atoms with Crippen LogP contribution in [0, 0.1) is 11.3 Å². The highest BCUT2D eigenvalue weighted by atomic mass is 16.5. The molecule has 1 saturated carbocycles. The summed E-state index contributed by atoms with van der Waals surface area (Å²) >= 11 is 0. The molecule has 0 aromatic heterocycles. The van der Waals surface area contributed by atoms with Crippen LogP contribution in [0.25, 0.3) is 0 Å². The normalized spacial score (nSPS) is 38.2. The average Bonchev–Trinajstić information content (AvgIpc) is 2.92. The minimum Gasteiger partial charge on any atom is -0.481 e. The highest BCUT2D eigenvalue weighted by molar-refractivity contribution is 5.76. The highest BCUT2D eigenvalue weighted by Crippen LogP contribution is 2.45. The van der Waals surface area contributed by atoms with Gasteiger partial charge >= 0.3 is 5.97 Å². The van der Waals surface area contributed by atoms with Crippen molar-refractivity contribution in [2.45, 2.75) is 31.7 Å². The molecular weight excluding hydrogens is 182 g/mol. The van der Waals surface area contributed by atoms with E-state index in [4.69, 9.17) is 10.5 Å². The van der Waals surface area contributed by atoms with Gasteiger partial charge in [-0.3, -0.25) is 4.79 Å². The zero-order valence-corrected chi connectivity index (χ0v) is 8.24. The van der Waals surface area contributed by atoms with Gasteiger partial charge in [-0.1, -0.05) is 12.8 Å². The highest BCUT2D eigenvalue weighted by Gasteiger charge is 2.49. The summed E-state index contributed by atoms with van der Waals surface area (Å²) in [6.45, 7) is 0.922. The number of hydrogen-bond acceptors (Lipinski definition) is 3. The van der Waals surface area contributed by atoms with Crippen LogP contribution in [0.4, 0.5) is 0 Å². The van der Waals surface area contributed by atoms with Gasteiger partial charge < -0.3 is 15.6 Å². The number of aliphatic carboxylic acids is 1. The molecule has 2 aliphatic rings. The summed E-state index contributed by atoms with van der Waals surface area (Å²) in [5, 5.41) is 9.30. The quantitative estimate of drug-likeness (QED) is 0.698. The van der Waals surface area contributed by atoms with Crippen LogP contribution in [-0.4, -0.2) is 30.3 Å². The van der Waals surface area contributed by atoms with E-state index in [1.165, 1.54) is 12.8 Å². The predicted octanol–water partition coefficient (Wildman–Crippen LogP) is 0.605. The predicted molar refractivity (Wildman–Crippen MR) is 50.8 cm³/mol. The molecule has 1 heterocycles. The van der Waals surface area contributed by atoms with E-state index in [9.17, 15) is 9.90 Å². The maximum absolute atomic E-state index is 11.3. The van der Waals surface area contributed by atoms with E-state index in [-0.39, 0.29) is 6.04 Å². The van der Waals surface area contributed by atoms with Crippen LogP contribution in [0.5, 0.6) is 0 Å². The zero-order valence-electron chi connectivity index (χ0n) is 8.24. The Labute approximate surface area is 83.4 Å². The van der Waals surface area contributed by atoms with E-state index in [0.717, 1.165) is 6.42 Å². The Hall–Kier alpha value is -0.610. The molecule has 3 N–H and O–H groups in total. The van der Waals surface area contributed by atoms with Gasteiger partial charge in [0.15, 0.2) is 0 Å². The fourth-order valence-corrected chi connectivity index (χ4v) is 2.25. The molecule has 1 aliphatic carbocycles. The fraction of sp³-hybridized carbons (Fsp3) is 0.900. The van der Waals surface area contributed by atoms with Gasteiger partial charge in [0.1, 0.15) is 0 Å². The molecule has 0 amide bonds. The second kappa shape index (κ2) is 3.51. The smallest absolute Gasteiger partial charge is 0.311 e. The van der Waals surface area contributed by atoms with E-state index < -0.39 is 11.4 Å². The number of carboxylic acids is 1. The van der Waals surface area contributed by atoms with Gasteiger partial charge in [0.2, 0.25) is 0 Å². The van der Waals surface area contributed by atoms with Gasteiger partial charge in [-0.25, -0.2) is 0 Å². The van der Waals surface area contributed by atoms with E-state index >= 15 is 0 Å². The van der Waals surface area contributed by atoms with Crippen LogP contribution in [0.15, 0.2) is 0 Å². The van der Waals surface area contributed by atoms with Crippen molar-refractivity contribution in [3.8, 4) is 0 Å². The summed E-state index contributed by atoms with van der Waals surface area (Å²) in [5.41, 5.74) is 5.18. The average molecular weight is 199 g/mol. The summed E-state index contributed by atoms with van der Waals surface area (Å²) in [6, 6.07) is -0.339. The zero-order chi connectivity index (χ0) is 10.2. The van der Waals surface area contributed by atoms with E-state index in [1.807, 2.05) is 0 Å². The van der Waals surface area contributed by atoms with Crippen molar-refractivity contribution >= 4 is 5.97 Å². The van der Waals surface area contributed by atoms with Crippen LogP contribution >= 0.6 is 0 Å². The van der Waals surface area contributed by atoms with E-state index in [2.05, 4.69) is 0 Å². The summed E-state index contributed by atoms with van der Waals surface area (Å²) < 4.78 is 5.20. The molecule has 1 saturated heterocycles. The Balaban J connectivity index is 2.13. The van der Waals surface area contributed by atoms with Crippen molar-refractivity contribution in [3.63, 3.8) is 0 Å². The lowest BCUT2D eigenvalue weighted by Gasteiger charge is -2.38. The first-order valence-corrected chi connectivity index (χ1v) is 5.22. The molecule has 2 unspecified atom stereocenters. The Morgan fingerprint density at radius 2 is 2.29 bits per heavy atom. The molecule has 4 nitrogen and oxygen atoms in total. The third-order valence-electron chi connectivity index (χ3n) is 3.48. The number of hydrogen-bond donors (Lipinski definition) is 2. The van der Waals surface area contributed by atoms with Crippen molar-refractivity contribution in [1.29, 1.82) is 0 Å². The summed E-state index contributed by atoms with van der Waals surface area (Å²) in [6.07, 6.45) is 3.65. The molecule has 4 heteroatoms. The van der Waals surface area contributed by atoms with Crippen LogP contribution in [0.2, 0.25) is 0 Å². The lowest BCUT2D eigenvalue weighted by Crippen LogP contribution is -2.54. The Kier molecular flexibility index (Phi) is 2.49. The molecule has 0 radical (unpaired) electrons. The molecular formula is C10H17NO3. The number of carbonyl (C=O) groups is 1. The van der Waals surface area contributed by atoms with Crippen molar-refractivity contribution in [1.82, 2.24) is 0 Å². The van der Waals surface area contributed by atoms with Crippen molar-refractivity contribution in [3.05, 3.63) is 0 Å². The number of rotatable bonds is 3. The first-order valence-electron chi connectivity index (χ1n) is 5.22. The first kappa shape index (κ1) is 9.93. The Morgan fingerprint density at radius 1 is 1.57 bits per heavy atom. The molecule has 0 aromatic carbocycles. The lowest BCUT2D eigenvalue weighted by molar-refractivity contribution is -0.158. The van der Waals surface area contributed by atoms with Crippen molar-refractivity contribution in [2.24, 2.45) is 17.1 Å². The third kappa shape index (κ3) is 1.64. The minimum atomic E-state index is -0.736. The standard InChI is InChI=1S/C10H17NO3/c11-8-6-14-4-3-10(8,9(12)13)5-7-1-2-7/h7-8H,1-6,11H2,(H,12,13). The second-order valence-electron chi connectivity index (χ2n) is 4.54. The van der Waals surface area contributed by atoms with Gasteiger partial charge in [0.05, 0.1) is 12.0 Å². The summed E-state index contributed by atoms with van der Waals surface area (Å²) in [5.74, 6) is -0.143.